The molecular weight excluding hydrogens is 386 g/mol. The van der Waals surface area contributed by atoms with Gasteiger partial charge in [-0.3, -0.25) is 4.99 Å². The third-order valence-corrected chi connectivity index (χ3v) is 5.15. The van der Waals surface area contributed by atoms with Crippen LogP contribution in [0.2, 0.25) is 0 Å². The van der Waals surface area contributed by atoms with Gasteiger partial charge in [-0.2, -0.15) is 13.2 Å². The van der Waals surface area contributed by atoms with Crippen molar-refractivity contribution in [2.24, 2.45) is 4.99 Å². The van der Waals surface area contributed by atoms with Gasteiger partial charge in [0.15, 0.2) is 5.96 Å². The number of alkyl halides is 3. The second-order valence-electron chi connectivity index (χ2n) is 7.13. The van der Waals surface area contributed by atoms with E-state index in [0.717, 1.165) is 64.2 Å². The molecule has 1 aliphatic heterocycles. The van der Waals surface area contributed by atoms with E-state index < -0.39 is 17.6 Å². The second kappa shape index (κ2) is 11.3. The summed E-state index contributed by atoms with van der Waals surface area (Å²) in [6.07, 6.45) is -2.61. The van der Waals surface area contributed by atoms with Crippen molar-refractivity contribution in [1.82, 2.24) is 20.4 Å². The third kappa shape index (κ3) is 7.81. The molecule has 0 radical (unpaired) electrons. The van der Waals surface area contributed by atoms with E-state index in [2.05, 4.69) is 32.3 Å². The van der Waals surface area contributed by atoms with Gasteiger partial charge >= 0.3 is 6.18 Å². The monoisotopic (exact) mass is 417 g/mol. The van der Waals surface area contributed by atoms with E-state index in [1.54, 1.807) is 7.05 Å². The van der Waals surface area contributed by atoms with Crippen molar-refractivity contribution in [1.29, 1.82) is 0 Å². The second-order valence-corrected chi connectivity index (χ2v) is 7.13. The molecule has 0 unspecified atom stereocenters. The summed E-state index contributed by atoms with van der Waals surface area (Å²) < 4.78 is 52.4. The number of benzene rings is 1. The maximum atomic E-state index is 13.2. The van der Waals surface area contributed by atoms with Crippen LogP contribution in [0.3, 0.4) is 0 Å². The molecule has 1 saturated heterocycles. The molecule has 1 aromatic carbocycles. The van der Waals surface area contributed by atoms with Crippen LogP contribution in [0.4, 0.5) is 17.6 Å². The zero-order chi connectivity index (χ0) is 21.3. The van der Waals surface area contributed by atoms with Gasteiger partial charge in [0.1, 0.15) is 5.82 Å². The Morgan fingerprint density at radius 2 is 1.76 bits per heavy atom. The smallest absolute Gasteiger partial charge is 0.356 e. The van der Waals surface area contributed by atoms with Crippen molar-refractivity contribution in [3.05, 3.63) is 35.1 Å². The minimum atomic E-state index is -4.60. The summed E-state index contributed by atoms with van der Waals surface area (Å²) in [4.78, 5) is 8.95. The fourth-order valence-corrected chi connectivity index (χ4v) is 3.36. The molecule has 0 aliphatic carbocycles. The Bertz CT molecular complexity index is 655. The largest absolute Gasteiger partial charge is 0.416 e. The molecule has 0 bridgehead atoms. The Kier molecular flexibility index (Phi) is 9.16. The number of hydrogen-bond donors (Lipinski definition) is 2. The van der Waals surface area contributed by atoms with Gasteiger partial charge in [0, 0.05) is 46.3 Å². The van der Waals surface area contributed by atoms with Crippen molar-refractivity contribution in [2.45, 2.75) is 32.5 Å². The zero-order valence-corrected chi connectivity index (χ0v) is 17.2. The Morgan fingerprint density at radius 3 is 2.38 bits per heavy atom. The van der Waals surface area contributed by atoms with Crippen LogP contribution in [0.15, 0.2) is 23.2 Å². The summed E-state index contributed by atoms with van der Waals surface area (Å²) in [7, 11) is 1.57. The van der Waals surface area contributed by atoms with E-state index in [4.69, 9.17) is 0 Å². The van der Waals surface area contributed by atoms with Gasteiger partial charge in [0.25, 0.3) is 0 Å². The first-order chi connectivity index (χ1) is 13.8. The topological polar surface area (TPSA) is 42.9 Å². The van der Waals surface area contributed by atoms with Crippen molar-refractivity contribution in [2.75, 3.05) is 52.9 Å². The summed E-state index contributed by atoms with van der Waals surface area (Å²) in [6.45, 7) is 9.38. The molecule has 0 saturated carbocycles. The Morgan fingerprint density at radius 1 is 1.07 bits per heavy atom. The van der Waals surface area contributed by atoms with Crippen LogP contribution >= 0.6 is 0 Å². The van der Waals surface area contributed by atoms with Gasteiger partial charge < -0.3 is 20.4 Å². The summed E-state index contributed by atoms with van der Waals surface area (Å²) in [5.74, 6) is -0.473. The van der Waals surface area contributed by atoms with E-state index in [-0.39, 0.29) is 12.1 Å². The Hall–Kier alpha value is -1.87. The highest BCUT2D eigenvalue weighted by Crippen LogP contribution is 2.32. The summed E-state index contributed by atoms with van der Waals surface area (Å²) in [5.41, 5.74) is -0.989. The molecular formula is C20H31F4N5. The van der Waals surface area contributed by atoms with E-state index in [1.807, 2.05) is 0 Å². The van der Waals surface area contributed by atoms with Crippen LogP contribution in [0.5, 0.6) is 0 Å². The molecule has 0 amide bonds. The molecule has 0 aromatic heterocycles. The first kappa shape index (κ1) is 23.4. The molecule has 29 heavy (non-hydrogen) atoms. The van der Waals surface area contributed by atoms with Gasteiger partial charge in [-0.15, -0.1) is 0 Å². The quantitative estimate of drug-likeness (QED) is 0.295. The number of piperazine rings is 1. The first-order valence-electron chi connectivity index (χ1n) is 10.1. The number of halogens is 4. The number of aliphatic imine (C=N–C) groups is 1. The number of nitrogens with one attached hydrogen (secondary N) is 2. The highest BCUT2D eigenvalue weighted by molar-refractivity contribution is 5.79. The van der Waals surface area contributed by atoms with Gasteiger partial charge in [-0.1, -0.05) is 13.0 Å². The van der Waals surface area contributed by atoms with Gasteiger partial charge in [-0.05, 0) is 43.6 Å². The molecule has 5 nitrogen and oxygen atoms in total. The normalized spacial score (nSPS) is 16.8. The fraction of sp³-hybridized carbons (Fsp3) is 0.650. The third-order valence-electron chi connectivity index (χ3n) is 5.15. The molecule has 9 heteroatoms. The molecule has 1 aromatic rings. The highest BCUT2D eigenvalue weighted by atomic mass is 19.4. The average molecular weight is 417 g/mol. The highest BCUT2D eigenvalue weighted by Gasteiger charge is 2.33. The predicted molar refractivity (Wildman–Crippen MR) is 107 cm³/mol. The minimum Gasteiger partial charge on any atom is -0.356 e. The SMILES string of the molecule is CCN1CCN(CCCCNC(=NC)NCc2ccc(F)cc2C(F)(F)F)CC1. The molecule has 0 atom stereocenters. The Balaban J connectivity index is 1.70. The maximum Gasteiger partial charge on any atom is 0.416 e. The standard InChI is InChI=1S/C20H31F4N5/c1-3-28-10-12-29(13-11-28)9-5-4-8-26-19(25-2)27-15-16-6-7-17(21)14-18(16)20(22,23)24/h6-7,14H,3-5,8-13,15H2,1-2H3,(H2,25,26,27). The molecule has 1 fully saturated rings. The molecule has 1 heterocycles. The average Bonchev–Trinajstić information content (AvgIpc) is 2.70. The first-order valence-corrected chi connectivity index (χ1v) is 10.1. The number of nitrogens with zero attached hydrogens (tertiary/aromatic N) is 3. The van der Waals surface area contributed by atoms with Crippen molar-refractivity contribution >= 4 is 5.96 Å². The fourth-order valence-electron chi connectivity index (χ4n) is 3.36. The predicted octanol–water partition coefficient (Wildman–Crippen LogP) is 2.93. The molecule has 164 valence electrons. The minimum absolute atomic E-state index is 0.0203. The van der Waals surface area contributed by atoms with Gasteiger partial charge in [0.05, 0.1) is 5.56 Å². The number of likely N-dealkylation sites (N-methyl/N-ethyl adjacent to an activating group) is 1. The van der Waals surface area contributed by atoms with E-state index >= 15 is 0 Å². The summed E-state index contributed by atoms with van der Waals surface area (Å²) >= 11 is 0. The number of hydrogen-bond acceptors (Lipinski definition) is 3. The molecule has 0 spiro atoms. The van der Waals surface area contributed by atoms with Gasteiger partial charge in [0.2, 0.25) is 0 Å². The van der Waals surface area contributed by atoms with E-state index in [9.17, 15) is 17.6 Å². The lowest BCUT2D eigenvalue weighted by Gasteiger charge is -2.34. The van der Waals surface area contributed by atoms with Crippen molar-refractivity contribution in [3.8, 4) is 0 Å². The molecule has 2 rings (SSSR count). The van der Waals surface area contributed by atoms with Crippen molar-refractivity contribution in [3.63, 3.8) is 0 Å². The number of guanidine groups is 1. The van der Waals surface area contributed by atoms with Crippen LogP contribution in [0.25, 0.3) is 0 Å². The Labute approximate surface area is 170 Å². The number of unbranched alkanes of at least 4 members (excludes halogenated alkanes) is 1. The summed E-state index contributed by atoms with van der Waals surface area (Å²) in [6, 6.07) is 2.70. The lowest BCUT2D eigenvalue weighted by atomic mass is 10.1. The number of rotatable bonds is 8. The van der Waals surface area contributed by atoms with E-state index in [1.165, 1.54) is 0 Å². The molecule has 1 aliphatic rings. The van der Waals surface area contributed by atoms with Crippen LogP contribution in [-0.4, -0.2) is 68.6 Å². The van der Waals surface area contributed by atoms with Crippen molar-refractivity contribution < 1.29 is 17.6 Å². The summed E-state index contributed by atoms with van der Waals surface area (Å²) in [5, 5.41) is 5.99. The van der Waals surface area contributed by atoms with Crippen LogP contribution in [-0.2, 0) is 12.7 Å². The van der Waals surface area contributed by atoms with Gasteiger partial charge in [-0.25, -0.2) is 4.39 Å². The lowest BCUT2D eigenvalue weighted by Crippen LogP contribution is -2.46. The zero-order valence-electron chi connectivity index (χ0n) is 17.2. The maximum absolute atomic E-state index is 13.2. The van der Waals surface area contributed by atoms with E-state index in [0.29, 0.717) is 18.6 Å². The van der Waals surface area contributed by atoms with Crippen LogP contribution in [0.1, 0.15) is 30.9 Å². The molecule has 2 N–H and O–H groups in total. The van der Waals surface area contributed by atoms with Crippen LogP contribution < -0.4 is 10.6 Å². The van der Waals surface area contributed by atoms with Crippen LogP contribution in [0, 0.1) is 5.82 Å². The lowest BCUT2D eigenvalue weighted by molar-refractivity contribution is -0.138.